The third-order valence-electron chi connectivity index (χ3n) is 6.79. The van der Waals surface area contributed by atoms with Crippen molar-refractivity contribution in [1.29, 1.82) is 5.41 Å². The molecule has 39 heavy (non-hydrogen) atoms. The highest BCUT2D eigenvalue weighted by Gasteiger charge is 2.41. The van der Waals surface area contributed by atoms with Gasteiger partial charge in [0.2, 0.25) is 11.8 Å². The Balaban J connectivity index is 1.57. The molecule has 4 rings (SSSR count). The van der Waals surface area contributed by atoms with Crippen molar-refractivity contribution in [2.45, 2.75) is 37.4 Å². The molecule has 0 bridgehead atoms. The van der Waals surface area contributed by atoms with Gasteiger partial charge in [0.05, 0.1) is 19.3 Å². The highest BCUT2D eigenvalue weighted by atomic mass is 16.5. The second-order valence-corrected chi connectivity index (χ2v) is 9.27. The number of hydrogen-bond donors (Lipinski definition) is 4. The molecule has 10 nitrogen and oxygen atoms in total. The lowest BCUT2D eigenvalue weighted by molar-refractivity contribution is -0.140. The molecule has 0 aliphatic carbocycles. The molecule has 0 saturated carbocycles. The highest BCUT2D eigenvalue weighted by Crippen LogP contribution is 2.31. The summed E-state index contributed by atoms with van der Waals surface area (Å²) in [6.45, 7) is 0.550. The lowest BCUT2D eigenvalue weighted by atomic mass is 9.84. The number of nitrogen functional groups attached to an aromatic ring is 1. The highest BCUT2D eigenvalue weighted by molar-refractivity contribution is 5.94. The Bertz CT molecular complexity index is 1260. The summed E-state index contributed by atoms with van der Waals surface area (Å²) in [5.74, 6) is -1.25. The van der Waals surface area contributed by atoms with Crippen molar-refractivity contribution >= 4 is 23.7 Å². The van der Waals surface area contributed by atoms with Crippen LogP contribution in [-0.2, 0) is 20.9 Å². The SMILES string of the molecule is COC(=O)NC(C(=O)N1CCC[C@H]1C(=O)NCc1ccc(C(=N)N)cn1)C(c1ccccc1)c1ccccc1. The molecule has 1 unspecified atom stereocenters. The van der Waals surface area contributed by atoms with Crippen molar-refractivity contribution in [1.82, 2.24) is 20.5 Å². The number of carbonyl (C=O) groups excluding carboxylic acids is 3. The predicted molar refractivity (Wildman–Crippen MR) is 146 cm³/mol. The minimum absolute atomic E-state index is 0.0855. The van der Waals surface area contributed by atoms with Gasteiger partial charge in [-0.25, -0.2) is 4.79 Å². The average Bonchev–Trinajstić information content (AvgIpc) is 3.47. The maximum Gasteiger partial charge on any atom is 0.407 e. The van der Waals surface area contributed by atoms with Gasteiger partial charge in [-0.3, -0.25) is 20.0 Å². The lowest BCUT2D eigenvalue weighted by Crippen LogP contribution is -2.55. The molecular weight excluding hydrogens is 496 g/mol. The molecule has 3 aromatic rings. The summed E-state index contributed by atoms with van der Waals surface area (Å²) in [5.41, 5.74) is 8.26. The lowest BCUT2D eigenvalue weighted by Gasteiger charge is -2.33. The fourth-order valence-electron chi connectivity index (χ4n) is 4.84. The van der Waals surface area contributed by atoms with Crippen LogP contribution in [0.15, 0.2) is 79.0 Å². The molecule has 2 atom stereocenters. The van der Waals surface area contributed by atoms with Crippen LogP contribution in [0.3, 0.4) is 0 Å². The second kappa shape index (κ2) is 12.7. The number of carbonyl (C=O) groups is 3. The molecule has 1 saturated heterocycles. The number of methoxy groups -OCH3 is 1. The monoisotopic (exact) mass is 528 g/mol. The second-order valence-electron chi connectivity index (χ2n) is 9.27. The average molecular weight is 529 g/mol. The molecule has 0 spiro atoms. The summed E-state index contributed by atoms with van der Waals surface area (Å²) in [6, 6.07) is 20.6. The molecule has 1 aliphatic rings. The third-order valence-corrected chi connectivity index (χ3v) is 6.79. The van der Waals surface area contributed by atoms with Crippen molar-refractivity contribution in [2.75, 3.05) is 13.7 Å². The molecule has 1 aromatic heterocycles. The topological polar surface area (TPSA) is 150 Å². The van der Waals surface area contributed by atoms with Crippen LogP contribution in [-0.4, -0.2) is 59.4 Å². The molecule has 0 radical (unpaired) electrons. The normalized spacial score (nSPS) is 15.4. The summed E-state index contributed by atoms with van der Waals surface area (Å²) in [7, 11) is 1.25. The van der Waals surface area contributed by atoms with E-state index in [0.717, 1.165) is 11.1 Å². The summed E-state index contributed by atoms with van der Waals surface area (Å²) < 4.78 is 4.87. The molecule has 5 N–H and O–H groups in total. The van der Waals surface area contributed by atoms with E-state index >= 15 is 0 Å². The van der Waals surface area contributed by atoms with Crippen LogP contribution in [0.5, 0.6) is 0 Å². The van der Waals surface area contributed by atoms with Gasteiger partial charge in [0.25, 0.3) is 0 Å². The summed E-state index contributed by atoms with van der Waals surface area (Å²) in [5, 5.41) is 13.1. The van der Waals surface area contributed by atoms with Gasteiger partial charge in [0.15, 0.2) is 0 Å². The Hall–Kier alpha value is -4.73. The summed E-state index contributed by atoms with van der Waals surface area (Å²) in [6.07, 6.45) is 1.90. The number of alkyl carbamates (subject to hydrolysis) is 1. The van der Waals surface area contributed by atoms with Crippen LogP contribution in [0.2, 0.25) is 0 Å². The Morgan fingerprint density at radius 2 is 1.69 bits per heavy atom. The minimum atomic E-state index is -1.00. The molecule has 2 heterocycles. The van der Waals surface area contributed by atoms with Crippen LogP contribution >= 0.6 is 0 Å². The van der Waals surface area contributed by atoms with E-state index in [4.69, 9.17) is 15.9 Å². The van der Waals surface area contributed by atoms with Gasteiger partial charge in [0.1, 0.15) is 17.9 Å². The van der Waals surface area contributed by atoms with Crippen molar-refractivity contribution in [3.63, 3.8) is 0 Å². The van der Waals surface area contributed by atoms with Crippen molar-refractivity contribution in [3.8, 4) is 0 Å². The Labute approximate surface area is 227 Å². The van der Waals surface area contributed by atoms with Crippen molar-refractivity contribution in [2.24, 2.45) is 5.73 Å². The van der Waals surface area contributed by atoms with Gasteiger partial charge < -0.3 is 26.0 Å². The zero-order valence-corrected chi connectivity index (χ0v) is 21.7. The van der Waals surface area contributed by atoms with Crippen LogP contribution in [0, 0.1) is 5.41 Å². The molecule has 1 aliphatic heterocycles. The van der Waals surface area contributed by atoms with E-state index in [2.05, 4.69) is 15.6 Å². The van der Waals surface area contributed by atoms with E-state index in [1.807, 2.05) is 60.7 Å². The fraction of sp³-hybridized carbons (Fsp3) is 0.276. The summed E-state index contributed by atoms with van der Waals surface area (Å²) >= 11 is 0. The number of likely N-dealkylation sites (tertiary alicyclic amines) is 1. The number of benzene rings is 2. The molecule has 2 aromatic carbocycles. The number of amidine groups is 1. The molecule has 202 valence electrons. The number of nitrogens with one attached hydrogen (secondary N) is 3. The number of ether oxygens (including phenoxy) is 1. The fourth-order valence-corrected chi connectivity index (χ4v) is 4.84. The Morgan fingerprint density at radius 1 is 1.05 bits per heavy atom. The Morgan fingerprint density at radius 3 is 2.23 bits per heavy atom. The van der Waals surface area contributed by atoms with Gasteiger partial charge >= 0.3 is 6.09 Å². The quantitative estimate of drug-likeness (QED) is 0.248. The van der Waals surface area contributed by atoms with E-state index in [1.165, 1.54) is 13.3 Å². The number of pyridine rings is 1. The van der Waals surface area contributed by atoms with E-state index in [9.17, 15) is 14.4 Å². The van der Waals surface area contributed by atoms with Gasteiger partial charge in [-0.05, 0) is 36.1 Å². The van der Waals surface area contributed by atoms with E-state index < -0.39 is 24.1 Å². The minimum Gasteiger partial charge on any atom is -0.453 e. The number of amides is 3. The predicted octanol–water partition coefficient (Wildman–Crippen LogP) is 2.53. The van der Waals surface area contributed by atoms with Crippen molar-refractivity contribution < 1.29 is 19.1 Å². The van der Waals surface area contributed by atoms with Gasteiger partial charge in [-0.15, -0.1) is 0 Å². The maximum absolute atomic E-state index is 14.1. The van der Waals surface area contributed by atoms with Crippen molar-refractivity contribution in [3.05, 3.63) is 101 Å². The molecule has 10 heteroatoms. The van der Waals surface area contributed by atoms with Crippen LogP contribution in [0.1, 0.15) is 41.1 Å². The Kier molecular flexibility index (Phi) is 8.88. The standard InChI is InChI=1S/C29H32N6O4/c1-39-29(38)34-25(24(19-9-4-2-5-10-19)20-11-6-3-7-12-20)28(37)35-16-8-13-23(35)27(36)33-18-22-15-14-21(17-32-22)26(30)31/h2-7,9-12,14-15,17,23-25H,8,13,16,18H2,1H3,(H3,30,31)(H,33,36)(H,34,38)/t23-,25?/m0/s1. The third kappa shape index (κ3) is 6.59. The largest absolute Gasteiger partial charge is 0.453 e. The molecular formula is C29H32N6O4. The van der Waals surface area contributed by atoms with Gasteiger partial charge in [-0.2, -0.15) is 0 Å². The zero-order chi connectivity index (χ0) is 27.8. The zero-order valence-electron chi connectivity index (χ0n) is 21.7. The molecule has 3 amide bonds. The number of aromatic nitrogens is 1. The van der Waals surface area contributed by atoms with E-state index in [-0.39, 0.29) is 24.2 Å². The maximum atomic E-state index is 14.1. The van der Waals surface area contributed by atoms with Gasteiger partial charge in [-0.1, -0.05) is 60.7 Å². The molecule has 1 fully saturated rings. The first kappa shape index (κ1) is 27.3. The van der Waals surface area contributed by atoms with Crippen LogP contribution in [0.25, 0.3) is 0 Å². The number of rotatable bonds is 9. The van der Waals surface area contributed by atoms with Crippen LogP contribution in [0.4, 0.5) is 4.79 Å². The first-order valence-corrected chi connectivity index (χ1v) is 12.7. The van der Waals surface area contributed by atoms with E-state index in [0.29, 0.717) is 30.6 Å². The smallest absolute Gasteiger partial charge is 0.407 e. The number of nitrogens with zero attached hydrogens (tertiary/aromatic N) is 2. The number of hydrogen-bond acceptors (Lipinski definition) is 6. The van der Waals surface area contributed by atoms with E-state index in [1.54, 1.807) is 17.0 Å². The first-order valence-electron chi connectivity index (χ1n) is 12.7. The first-order chi connectivity index (χ1) is 18.9. The van der Waals surface area contributed by atoms with Gasteiger partial charge in [0, 0.05) is 24.2 Å². The summed E-state index contributed by atoms with van der Waals surface area (Å²) in [4.78, 5) is 45.5. The number of nitrogens with two attached hydrogens (primary N) is 1. The van der Waals surface area contributed by atoms with Crippen LogP contribution < -0.4 is 16.4 Å².